The molecule has 3 heteroatoms. The van der Waals surface area contributed by atoms with Crippen molar-refractivity contribution in [3.63, 3.8) is 0 Å². The predicted molar refractivity (Wildman–Crippen MR) is 68.3 cm³/mol. The lowest BCUT2D eigenvalue weighted by Crippen LogP contribution is -2.04. The van der Waals surface area contributed by atoms with Gasteiger partial charge in [-0.3, -0.25) is 4.79 Å². The predicted octanol–water partition coefficient (Wildman–Crippen LogP) is 2.99. The van der Waals surface area contributed by atoms with Gasteiger partial charge >= 0.3 is 5.97 Å². The highest BCUT2D eigenvalue weighted by Gasteiger charge is 2.08. The Kier molecular flexibility index (Phi) is 3.18. The summed E-state index contributed by atoms with van der Waals surface area (Å²) in [6.45, 7) is 5.03. The average molecular weight is 231 g/mol. The van der Waals surface area contributed by atoms with Crippen molar-refractivity contribution in [1.82, 2.24) is 4.57 Å². The van der Waals surface area contributed by atoms with E-state index in [1.807, 2.05) is 0 Å². The van der Waals surface area contributed by atoms with Gasteiger partial charge in [-0.25, -0.2) is 0 Å². The molecule has 0 atom stereocenters. The minimum Gasteiger partial charge on any atom is -0.481 e. The molecule has 0 radical (unpaired) electrons. The zero-order chi connectivity index (χ0) is 12.4. The van der Waals surface area contributed by atoms with Crippen LogP contribution in [0.25, 0.3) is 10.9 Å². The number of hydrogen-bond donors (Lipinski definition) is 1. The molecular weight excluding hydrogens is 214 g/mol. The van der Waals surface area contributed by atoms with Crippen LogP contribution in [0.3, 0.4) is 0 Å². The molecule has 0 bridgehead atoms. The number of hydrogen-bond acceptors (Lipinski definition) is 1. The van der Waals surface area contributed by atoms with E-state index < -0.39 is 5.97 Å². The molecule has 2 aromatic rings. The third-order valence-corrected chi connectivity index (χ3v) is 3.05. The molecule has 1 aromatic carbocycles. The van der Waals surface area contributed by atoms with Crippen LogP contribution in [-0.4, -0.2) is 15.6 Å². The van der Waals surface area contributed by atoms with Gasteiger partial charge < -0.3 is 9.67 Å². The molecule has 90 valence electrons. The Morgan fingerprint density at radius 1 is 1.35 bits per heavy atom. The van der Waals surface area contributed by atoms with Crippen LogP contribution in [0.1, 0.15) is 24.6 Å². The number of aliphatic carboxylic acids is 1. The molecule has 2 rings (SSSR count). The maximum Gasteiger partial charge on any atom is 0.303 e. The molecule has 17 heavy (non-hydrogen) atoms. The van der Waals surface area contributed by atoms with E-state index >= 15 is 0 Å². The van der Waals surface area contributed by atoms with Gasteiger partial charge in [0.15, 0.2) is 0 Å². The van der Waals surface area contributed by atoms with Crippen LogP contribution in [0.2, 0.25) is 0 Å². The number of carboxylic acid groups (broad SMARTS) is 1. The molecular formula is C14H17NO2. The summed E-state index contributed by atoms with van der Waals surface area (Å²) in [6.07, 6.45) is 0.784. The van der Waals surface area contributed by atoms with Crippen LogP contribution >= 0.6 is 0 Å². The van der Waals surface area contributed by atoms with Crippen molar-refractivity contribution in [2.75, 3.05) is 0 Å². The van der Waals surface area contributed by atoms with E-state index in [9.17, 15) is 4.79 Å². The zero-order valence-electron chi connectivity index (χ0n) is 10.2. The Morgan fingerprint density at radius 3 is 2.76 bits per heavy atom. The number of carboxylic acids is 1. The molecule has 0 fully saturated rings. The van der Waals surface area contributed by atoms with E-state index in [2.05, 4.69) is 42.7 Å². The van der Waals surface area contributed by atoms with E-state index in [-0.39, 0.29) is 6.42 Å². The summed E-state index contributed by atoms with van der Waals surface area (Å²) in [6, 6.07) is 8.45. The summed E-state index contributed by atoms with van der Waals surface area (Å²) in [4.78, 5) is 10.6. The molecule has 0 aliphatic carbocycles. The lowest BCUT2D eigenvalue weighted by atomic mass is 10.2. The maximum atomic E-state index is 10.6. The molecule has 0 amide bonds. The Bertz CT molecular complexity index is 555. The highest BCUT2D eigenvalue weighted by Crippen LogP contribution is 2.22. The highest BCUT2D eigenvalue weighted by atomic mass is 16.4. The Labute approximate surface area is 101 Å². The second-order valence-corrected chi connectivity index (χ2v) is 4.34. The SMILES string of the molecule is CCn1c(CCC(=O)O)cc2cc(C)ccc21. The summed E-state index contributed by atoms with van der Waals surface area (Å²) in [5.41, 5.74) is 3.53. The molecule has 3 nitrogen and oxygen atoms in total. The number of aromatic nitrogens is 1. The third kappa shape index (κ3) is 2.33. The van der Waals surface area contributed by atoms with Gasteiger partial charge in [0.25, 0.3) is 0 Å². The van der Waals surface area contributed by atoms with Crippen LogP contribution in [0.5, 0.6) is 0 Å². The normalized spacial score (nSPS) is 10.9. The van der Waals surface area contributed by atoms with Crippen molar-refractivity contribution < 1.29 is 9.90 Å². The standard InChI is InChI=1S/C14H17NO2/c1-3-15-12(5-7-14(16)17)9-11-8-10(2)4-6-13(11)15/h4,6,8-9H,3,5,7H2,1-2H3,(H,16,17). The van der Waals surface area contributed by atoms with Gasteiger partial charge in [-0.2, -0.15) is 0 Å². The van der Waals surface area contributed by atoms with Crippen molar-refractivity contribution in [2.45, 2.75) is 33.2 Å². The molecule has 0 unspecified atom stereocenters. The number of benzene rings is 1. The van der Waals surface area contributed by atoms with E-state index in [0.717, 1.165) is 12.2 Å². The first-order valence-electron chi connectivity index (χ1n) is 5.92. The topological polar surface area (TPSA) is 42.2 Å². The van der Waals surface area contributed by atoms with Gasteiger partial charge in [0.1, 0.15) is 0 Å². The van der Waals surface area contributed by atoms with Crippen molar-refractivity contribution in [3.05, 3.63) is 35.5 Å². The number of fused-ring (bicyclic) bond motifs is 1. The maximum absolute atomic E-state index is 10.6. The molecule has 1 aromatic heterocycles. The molecule has 0 aliphatic rings. The summed E-state index contributed by atoms with van der Waals surface area (Å²) in [7, 11) is 0. The quantitative estimate of drug-likeness (QED) is 0.879. The van der Waals surface area contributed by atoms with Crippen LogP contribution in [0.15, 0.2) is 24.3 Å². The van der Waals surface area contributed by atoms with Crippen LogP contribution < -0.4 is 0 Å². The van der Waals surface area contributed by atoms with Crippen molar-refractivity contribution in [3.8, 4) is 0 Å². The van der Waals surface area contributed by atoms with Crippen LogP contribution in [0.4, 0.5) is 0 Å². The van der Waals surface area contributed by atoms with Gasteiger partial charge in [0, 0.05) is 23.1 Å². The monoisotopic (exact) mass is 231 g/mol. The lowest BCUT2D eigenvalue weighted by Gasteiger charge is -2.06. The van der Waals surface area contributed by atoms with Gasteiger partial charge in [-0.1, -0.05) is 11.6 Å². The van der Waals surface area contributed by atoms with E-state index in [1.165, 1.54) is 16.5 Å². The fourth-order valence-corrected chi connectivity index (χ4v) is 2.26. The van der Waals surface area contributed by atoms with Crippen molar-refractivity contribution in [1.29, 1.82) is 0 Å². The first-order chi connectivity index (χ1) is 8.11. The largest absolute Gasteiger partial charge is 0.481 e. The van der Waals surface area contributed by atoms with Crippen molar-refractivity contribution >= 4 is 16.9 Å². The highest BCUT2D eigenvalue weighted by molar-refractivity contribution is 5.82. The van der Waals surface area contributed by atoms with Gasteiger partial charge in [-0.15, -0.1) is 0 Å². The van der Waals surface area contributed by atoms with Crippen LogP contribution in [0, 0.1) is 6.92 Å². The molecule has 0 saturated heterocycles. The fraction of sp³-hybridized carbons (Fsp3) is 0.357. The lowest BCUT2D eigenvalue weighted by molar-refractivity contribution is -0.136. The second-order valence-electron chi connectivity index (χ2n) is 4.34. The van der Waals surface area contributed by atoms with Gasteiger partial charge in [0.2, 0.25) is 0 Å². The van der Waals surface area contributed by atoms with Crippen molar-refractivity contribution in [2.24, 2.45) is 0 Å². The summed E-state index contributed by atoms with van der Waals surface area (Å²) in [5.74, 6) is -0.742. The fourth-order valence-electron chi connectivity index (χ4n) is 2.26. The minimum absolute atomic E-state index is 0.190. The van der Waals surface area contributed by atoms with Gasteiger partial charge in [-0.05, 0) is 38.5 Å². The molecule has 0 spiro atoms. The smallest absolute Gasteiger partial charge is 0.303 e. The van der Waals surface area contributed by atoms with E-state index in [0.29, 0.717) is 6.42 Å². The molecule has 0 saturated carbocycles. The number of aryl methyl sites for hydroxylation is 3. The Balaban J connectivity index is 2.44. The van der Waals surface area contributed by atoms with E-state index in [4.69, 9.17) is 5.11 Å². The molecule has 1 heterocycles. The average Bonchev–Trinajstić information content (AvgIpc) is 2.62. The zero-order valence-corrected chi connectivity index (χ0v) is 10.2. The van der Waals surface area contributed by atoms with E-state index in [1.54, 1.807) is 0 Å². The van der Waals surface area contributed by atoms with Crippen LogP contribution in [-0.2, 0) is 17.8 Å². The molecule has 1 N–H and O–H groups in total. The first kappa shape index (κ1) is 11.7. The number of carbonyl (C=O) groups is 1. The summed E-state index contributed by atoms with van der Waals surface area (Å²) < 4.78 is 2.19. The third-order valence-electron chi connectivity index (χ3n) is 3.05. The first-order valence-corrected chi connectivity index (χ1v) is 5.92. The Hall–Kier alpha value is -1.77. The number of rotatable bonds is 4. The Morgan fingerprint density at radius 2 is 2.12 bits per heavy atom. The summed E-state index contributed by atoms with van der Waals surface area (Å²) in [5, 5.41) is 9.95. The number of nitrogens with zero attached hydrogens (tertiary/aromatic N) is 1. The molecule has 0 aliphatic heterocycles. The van der Waals surface area contributed by atoms with Gasteiger partial charge in [0.05, 0.1) is 6.42 Å². The summed E-state index contributed by atoms with van der Waals surface area (Å²) >= 11 is 0. The second kappa shape index (κ2) is 4.62. The minimum atomic E-state index is -0.742.